The van der Waals surface area contributed by atoms with Gasteiger partial charge in [0.25, 0.3) is 0 Å². The van der Waals surface area contributed by atoms with Crippen LogP contribution in [-0.4, -0.2) is 15.1 Å². The Hall–Kier alpha value is -2.17. The topological polar surface area (TPSA) is 72.0 Å². The molecule has 0 amide bonds. The minimum absolute atomic E-state index is 0.125. The SMILES string of the molecule is CC(C)(C)c1ccc(-c2cnc(N)nc2)c(F)c1O. The van der Waals surface area contributed by atoms with Crippen LogP contribution in [0.5, 0.6) is 5.75 Å². The molecular weight excluding hydrogens is 245 g/mol. The van der Waals surface area contributed by atoms with Crippen LogP contribution in [0, 0.1) is 5.82 Å². The molecule has 1 aromatic carbocycles. The van der Waals surface area contributed by atoms with E-state index in [2.05, 4.69) is 9.97 Å². The molecule has 0 atom stereocenters. The van der Waals surface area contributed by atoms with Crippen LogP contribution in [0.2, 0.25) is 0 Å². The molecule has 0 fully saturated rings. The minimum atomic E-state index is -0.666. The van der Waals surface area contributed by atoms with Gasteiger partial charge in [-0.25, -0.2) is 14.4 Å². The average molecular weight is 261 g/mol. The van der Waals surface area contributed by atoms with Crippen LogP contribution >= 0.6 is 0 Å². The van der Waals surface area contributed by atoms with Crippen molar-refractivity contribution < 1.29 is 9.50 Å². The molecule has 1 heterocycles. The van der Waals surface area contributed by atoms with Gasteiger partial charge in [-0.2, -0.15) is 0 Å². The van der Waals surface area contributed by atoms with Gasteiger partial charge in [-0.15, -0.1) is 0 Å². The van der Waals surface area contributed by atoms with Crippen LogP contribution < -0.4 is 5.73 Å². The standard InChI is InChI=1S/C14H16FN3O/c1-14(2,3)10-5-4-9(11(15)12(10)19)8-6-17-13(16)18-7-8/h4-7,19H,1-3H3,(H2,16,17,18). The van der Waals surface area contributed by atoms with E-state index >= 15 is 0 Å². The highest BCUT2D eigenvalue weighted by Crippen LogP contribution is 2.36. The first kappa shape index (κ1) is 13.3. The van der Waals surface area contributed by atoms with Gasteiger partial charge < -0.3 is 10.8 Å². The lowest BCUT2D eigenvalue weighted by Gasteiger charge is -2.21. The summed E-state index contributed by atoms with van der Waals surface area (Å²) >= 11 is 0. The fourth-order valence-corrected chi connectivity index (χ4v) is 1.87. The molecule has 0 aliphatic heterocycles. The Bertz CT molecular complexity index is 603. The molecule has 2 aromatic rings. The summed E-state index contributed by atoms with van der Waals surface area (Å²) in [6.07, 6.45) is 2.86. The monoisotopic (exact) mass is 261 g/mol. The maximum atomic E-state index is 14.2. The van der Waals surface area contributed by atoms with Crippen molar-refractivity contribution in [3.8, 4) is 16.9 Å². The lowest BCUT2D eigenvalue weighted by atomic mass is 9.85. The van der Waals surface area contributed by atoms with E-state index in [0.717, 1.165) is 0 Å². The summed E-state index contributed by atoms with van der Waals surface area (Å²) in [7, 11) is 0. The molecule has 0 unspecified atom stereocenters. The third-order valence-corrected chi connectivity index (χ3v) is 2.91. The number of aromatic nitrogens is 2. The summed E-state index contributed by atoms with van der Waals surface area (Å²) in [6, 6.07) is 3.33. The number of nitrogen functional groups attached to an aromatic ring is 1. The number of aromatic hydroxyl groups is 1. The van der Waals surface area contributed by atoms with Gasteiger partial charge in [-0.05, 0) is 5.41 Å². The summed E-state index contributed by atoms with van der Waals surface area (Å²) in [5.41, 5.74) is 6.35. The van der Waals surface area contributed by atoms with Gasteiger partial charge in [-0.3, -0.25) is 0 Å². The molecule has 0 saturated carbocycles. The molecule has 100 valence electrons. The van der Waals surface area contributed by atoms with Crippen molar-refractivity contribution in [3.63, 3.8) is 0 Å². The summed E-state index contributed by atoms with van der Waals surface area (Å²) in [6.45, 7) is 5.73. The number of benzene rings is 1. The van der Waals surface area contributed by atoms with Crippen molar-refractivity contribution in [2.24, 2.45) is 0 Å². The number of nitrogens with zero attached hydrogens (tertiary/aromatic N) is 2. The van der Waals surface area contributed by atoms with Gasteiger partial charge in [0, 0.05) is 29.1 Å². The van der Waals surface area contributed by atoms with Gasteiger partial charge in [0.05, 0.1) is 0 Å². The van der Waals surface area contributed by atoms with Crippen molar-refractivity contribution >= 4 is 5.95 Å². The van der Waals surface area contributed by atoms with Gasteiger partial charge in [0.15, 0.2) is 11.6 Å². The van der Waals surface area contributed by atoms with E-state index in [1.54, 1.807) is 12.1 Å². The number of nitrogens with two attached hydrogens (primary N) is 1. The first-order valence-corrected chi connectivity index (χ1v) is 5.90. The van der Waals surface area contributed by atoms with Gasteiger partial charge in [-0.1, -0.05) is 32.9 Å². The summed E-state index contributed by atoms with van der Waals surface area (Å²) in [4.78, 5) is 7.63. The Labute approximate surface area is 111 Å². The van der Waals surface area contributed by atoms with Crippen LogP contribution in [0.3, 0.4) is 0 Å². The van der Waals surface area contributed by atoms with Gasteiger partial charge >= 0.3 is 0 Å². The Balaban J connectivity index is 2.56. The number of rotatable bonds is 1. The first-order valence-electron chi connectivity index (χ1n) is 5.90. The zero-order valence-corrected chi connectivity index (χ0v) is 11.1. The van der Waals surface area contributed by atoms with Crippen LogP contribution in [0.15, 0.2) is 24.5 Å². The lowest BCUT2D eigenvalue weighted by Crippen LogP contribution is -2.12. The van der Waals surface area contributed by atoms with Crippen molar-refractivity contribution in [1.82, 2.24) is 9.97 Å². The molecule has 0 saturated heterocycles. The zero-order chi connectivity index (χ0) is 14.2. The van der Waals surface area contributed by atoms with E-state index in [1.807, 2.05) is 20.8 Å². The number of anilines is 1. The summed E-state index contributed by atoms with van der Waals surface area (Å²) < 4.78 is 14.2. The number of hydrogen-bond donors (Lipinski definition) is 2. The lowest BCUT2D eigenvalue weighted by molar-refractivity contribution is 0.411. The summed E-state index contributed by atoms with van der Waals surface area (Å²) in [5.74, 6) is -0.873. The van der Waals surface area contributed by atoms with Crippen molar-refractivity contribution in [2.75, 3.05) is 5.73 Å². The third kappa shape index (κ3) is 2.50. The molecule has 19 heavy (non-hydrogen) atoms. The van der Waals surface area contributed by atoms with Crippen molar-refractivity contribution in [2.45, 2.75) is 26.2 Å². The molecule has 0 radical (unpaired) electrons. The van der Waals surface area contributed by atoms with Crippen molar-refractivity contribution in [1.29, 1.82) is 0 Å². The third-order valence-electron chi connectivity index (χ3n) is 2.91. The fourth-order valence-electron chi connectivity index (χ4n) is 1.87. The predicted molar refractivity (Wildman–Crippen MR) is 72.2 cm³/mol. The fraction of sp³-hybridized carbons (Fsp3) is 0.286. The van der Waals surface area contributed by atoms with E-state index < -0.39 is 5.82 Å². The molecule has 3 N–H and O–H groups in total. The highest BCUT2D eigenvalue weighted by molar-refractivity contribution is 5.66. The average Bonchev–Trinajstić information content (AvgIpc) is 2.32. The normalized spacial score (nSPS) is 11.6. The Morgan fingerprint density at radius 2 is 1.74 bits per heavy atom. The van der Waals surface area contributed by atoms with Crippen molar-refractivity contribution in [3.05, 3.63) is 35.9 Å². The highest BCUT2D eigenvalue weighted by atomic mass is 19.1. The van der Waals surface area contributed by atoms with Gasteiger partial charge in [0.2, 0.25) is 5.95 Å². The van der Waals surface area contributed by atoms with E-state index in [0.29, 0.717) is 11.1 Å². The second kappa shape index (κ2) is 4.50. The maximum absolute atomic E-state index is 14.2. The Morgan fingerprint density at radius 1 is 1.16 bits per heavy atom. The zero-order valence-electron chi connectivity index (χ0n) is 11.1. The molecule has 2 rings (SSSR count). The number of hydrogen-bond acceptors (Lipinski definition) is 4. The molecule has 0 aliphatic carbocycles. The predicted octanol–water partition coefficient (Wildman–Crippen LogP) is 2.87. The number of phenols is 1. The molecule has 0 aliphatic rings. The van der Waals surface area contributed by atoms with Crippen LogP contribution in [0.1, 0.15) is 26.3 Å². The quantitative estimate of drug-likeness (QED) is 0.828. The van der Waals surface area contributed by atoms with Crippen LogP contribution in [0.25, 0.3) is 11.1 Å². The molecular formula is C14H16FN3O. The molecule has 1 aromatic heterocycles. The highest BCUT2D eigenvalue weighted by Gasteiger charge is 2.22. The maximum Gasteiger partial charge on any atom is 0.219 e. The smallest absolute Gasteiger partial charge is 0.219 e. The largest absolute Gasteiger partial charge is 0.505 e. The van der Waals surface area contributed by atoms with Gasteiger partial charge in [0.1, 0.15) is 0 Å². The van der Waals surface area contributed by atoms with E-state index in [9.17, 15) is 9.50 Å². The number of halogens is 1. The molecule has 4 nitrogen and oxygen atoms in total. The molecule has 0 bridgehead atoms. The Morgan fingerprint density at radius 3 is 2.26 bits per heavy atom. The first-order chi connectivity index (χ1) is 8.80. The van der Waals surface area contributed by atoms with Crippen LogP contribution in [-0.2, 0) is 5.41 Å². The number of phenolic OH excluding ortho intramolecular Hbond substituents is 1. The Kier molecular flexibility index (Phi) is 3.14. The second-order valence-corrected chi connectivity index (χ2v) is 5.40. The minimum Gasteiger partial charge on any atom is -0.505 e. The second-order valence-electron chi connectivity index (χ2n) is 5.40. The summed E-state index contributed by atoms with van der Waals surface area (Å²) in [5, 5.41) is 9.99. The van der Waals surface area contributed by atoms with Crippen LogP contribution in [0.4, 0.5) is 10.3 Å². The van der Waals surface area contributed by atoms with E-state index in [-0.39, 0.29) is 22.7 Å². The molecule has 5 heteroatoms. The van der Waals surface area contributed by atoms with E-state index in [1.165, 1.54) is 12.4 Å². The van der Waals surface area contributed by atoms with E-state index in [4.69, 9.17) is 5.73 Å². The molecule has 0 spiro atoms.